The first-order valence-electron chi connectivity index (χ1n) is 5.39. The van der Waals surface area contributed by atoms with E-state index < -0.39 is 11.5 Å². The van der Waals surface area contributed by atoms with Crippen molar-refractivity contribution in [1.29, 1.82) is 0 Å². The Balaban J connectivity index is 2.97. The third kappa shape index (κ3) is 1.61. The summed E-state index contributed by atoms with van der Waals surface area (Å²) in [6, 6.07) is 3.39. The Kier molecular flexibility index (Phi) is 2.99. The summed E-state index contributed by atoms with van der Waals surface area (Å²) >= 11 is 0. The number of hydrazine groups is 1. The second-order valence-electron chi connectivity index (χ2n) is 3.69. The summed E-state index contributed by atoms with van der Waals surface area (Å²) < 4.78 is 1.39. The average molecular weight is 247 g/mol. The molecule has 0 bridgehead atoms. The van der Waals surface area contributed by atoms with Crippen LogP contribution in [0.5, 0.6) is 0 Å². The van der Waals surface area contributed by atoms with Crippen LogP contribution in [0.3, 0.4) is 0 Å². The second kappa shape index (κ2) is 4.46. The number of nitrogens with two attached hydrogens (primary N) is 2. The number of carbonyl (C=O) groups excluding carboxylic acids is 1. The van der Waals surface area contributed by atoms with E-state index in [-0.39, 0.29) is 11.3 Å². The minimum atomic E-state index is -0.703. The quantitative estimate of drug-likeness (QED) is 0.379. The molecule has 0 saturated carbocycles. The number of aryl methyl sites for hydroxylation is 1. The summed E-state index contributed by atoms with van der Waals surface area (Å²) in [5.74, 6) is 4.36. The van der Waals surface area contributed by atoms with Crippen LogP contribution in [-0.2, 0) is 6.54 Å². The third-order valence-electron chi connectivity index (χ3n) is 2.74. The molecule has 0 aliphatic heterocycles. The van der Waals surface area contributed by atoms with Crippen LogP contribution in [0.2, 0.25) is 0 Å². The fourth-order valence-corrected chi connectivity index (χ4v) is 1.89. The normalized spacial score (nSPS) is 10.6. The van der Waals surface area contributed by atoms with Crippen molar-refractivity contribution in [1.82, 2.24) is 15.0 Å². The Labute approximate surface area is 102 Å². The molecule has 94 valence electrons. The topological polar surface area (TPSA) is 116 Å². The van der Waals surface area contributed by atoms with Gasteiger partial charge in [0.15, 0.2) is 0 Å². The van der Waals surface area contributed by atoms with Crippen molar-refractivity contribution in [2.75, 3.05) is 5.73 Å². The number of nitrogen functional groups attached to an aromatic ring is 2. The van der Waals surface area contributed by atoms with E-state index >= 15 is 0 Å². The first-order chi connectivity index (χ1) is 8.61. The van der Waals surface area contributed by atoms with E-state index in [4.69, 9.17) is 11.6 Å². The molecule has 0 unspecified atom stereocenters. The predicted octanol–water partition coefficient (Wildman–Crippen LogP) is -0.398. The number of carbonyl (C=O) groups is 1. The Hall–Kier alpha value is -2.41. The van der Waals surface area contributed by atoms with Gasteiger partial charge in [0.25, 0.3) is 11.5 Å². The van der Waals surface area contributed by atoms with Gasteiger partial charge in [-0.2, -0.15) is 0 Å². The Morgan fingerprint density at radius 1 is 1.56 bits per heavy atom. The van der Waals surface area contributed by atoms with Gasteiger partial charge in [0.2, 0.25) is 0 Å². The Morgan fingerprint density at radius 3 is 2.89 bits per heavy atom. The molecule has 5 N–H and O–H groups in total. The van der Waals surface area contributed by atoms with Crippen molar-refractivity contribution in [3.05, 3.63) is 34.2 Å². The maximum absolute atomic E-state index is 12.2. The number of hydrogen-bond donors (Lipinski definition) is 3. The monoisotopic (exact) mass is 247 g/mol. The van der Waals surface area contributed by atoms with Crippen molar-refractivity contribution >= 4 is 22.6 Å². The number of fused-ring (bicyclic) bond motifs is 1. The SMILES string of the molecule is CCn1c(=O)c(C(=O)NN)c(N)c2cccnc21. The van der Waals surface area contributed by atoms with Gasteiger partial charge in [-0.15, -0.1) is 0 Å². The maximum Gasteiger partial charge on any atom is 0.272 e. The van der Waals surface area contributed by atoms with Gasteiger partial charge in [-0.3, -0.25) is 19.6 Å². The predicted molar refractivity (Wildman–Crippen MR) is 67.7 cm³/mol. The summed E-state index contributed by atoms with van der Waals surface area (Å²) in [5.41, 5.74) is 7.68. The zero-order valence-corrected chi connectivity index (χ0v) is 9.80. The van der Waals surface area contributed by atoms with Crippen LogP contribution in [0, 0.1) is 0 Å². The molecule has 2 aromatic heterocycles. The second-order valence-corrected chi connectivity index (χ2v) is 3.69. The summed E-state index contributed by atoms with van der Waals surface area (Å²) in [7, 11) is 0. The van der Waals surface area contributed by atoms with Crippen molar-refractivity contribution in [2.45, 2.75) is 13.5 Å². The number of pyridine rings is 2. The van der Waals surface area contributed by atoms with Crippen LogP contribution < -0.4 is 22.6 Å². The van der Waals surface area contributed by atoms with Crippen molar-refractivity contribution in [2.24, 2.45) is 5.84 Å². The van der Waals surface area contributed by atoms with Gasteiger partial charge in [0, 0.05) is 18.1 Å². The van der Waals surface area contributed by atoms with Gasteiger partial charge in [0.05, 0.1) is 5.69 Å². The summed E-state index contributed by atoms with van der Waals surface area (Å²) in [4.78, 5) is 27.9. The van der Waals surface area contributed by atoms with Crippen molar-refractivity contribution in [3.63, 3.8) is 0 Å². The third-order valence-corrected chi connectivity index (χ3v) is 2.74. The van der Waals surface area contributed by atoms with Gasteiger partial charge in [-0.25, -0.2) is 10.8 Å². The highest BCUT2D eigenvalue weighted by Crippen LogP contribution is 2.20. The molecule has 1 amide bonds. The number of anilines is 1. The maximum atomic E-state index is 12.2. The van der Waals surface area contributed by atoms with Gasteiger partial charge in [0.1, 0.15) is 11.2 Å². The van der Waals surface area contributed by atoms with Gasteiger partial charge >= 0.3 is 0 Å². The minimum Gasteiger partial charge on any atom is -0.397 e. The van der Waals surface area contributed by atoms with E-state index in [0.29, 0.717) is 17.6 Å². The lowest BCUT2D eigenvalue weighted by Crippen LogP contribution is -2.37. The highest BCUT2D eigenvalue weighted by atomic mass is 16.2. The standard InChI is InChI=1S/C11H13N5O2/c1-2-16-9-6(4-3-5-14-9)8(12)7(11(16)18)10(17)15-13/h3-5H,2,12-13H2,1H3,(H,15,17). The van der Waals surface area contributed by atoms with E-state index in [1.165, 1.54) is 4.57 Å². The van der Waals surface area contributed by atoms with Crippen LogP contribution in [0.1, 0.15) is 17.3 Å². The molecule has 0 aliphatic carbocycles. The van der Waals surface area contributed by atoms with E-state index in [1.807, 2.05) is 5.43 Å². The molecule has 0 saturated heterocycles. The molecule has 0 radical (unpaired) electrons. The zero-order valence-electron chi connectivity index (χ0n) is 9.80. The molecule has 7 heteroatoms. The van der Waals surface area contributed by atoms with Crippen LogP contribution in [0.25, 0.3) is 11.0 Å². The number of hydrogen-bond acceptors (Lipinski definition) is 5. The fourth-order valence-electron chi connectivity index (χ4n) is 1.89. The number of nitrogens with one attached hydrogen (secondary N) is 1. The summed E-state index contributed by atoms with van der Waals surface area (Å²) in [6.07, 6.45) is 1.57. The van der Waals surface area contributed by atoms with Crippen LogP contribution in [0.15, 0.2) is 23.1 Å². The number of amides is 1. The highest BCUT2D eigenvalue weighted by molar-refractivity contribution is 6.05. The number of rotatable bonds is 2. The molecular weight excluding hydrogens is 234 g/mol. The molecule has 0 atom stereocenters. The molecule has 2 heterocycles. The number of nitrogens with zero attached hydrogens (tertiary/aromatic N) is 2. The molecule has 0 aromatic carbocycles. The minimum absolute atomic E-state index is 0.0933. The van der Waals surface area contributed by atoms with E-state index in [9.17, 15) is 9.59 Å². The van der Waals surface area contributed by atoms with E-state index in [0.717, 1.165) is 0 Å². The van der Waals surface area contributed by atoms with Crippen molar-refractivity contribution < 1.29 is 4.79 Å². The molecule has 2 rings (SSSR count). The van der Waals surface area contributed by atoms with Crippen LogP contribution >= 0.6 is 0 Å². The zero-order chi connectivity index (χ0) is 13.3. The number of aromatic nitrogens is 2. The lowest BCUT2D eigenvalue weighted by Gasteiger charge is -2.12. The first kappa shape index (κ1) is 12.1. The Bertz CT molecular complexity index is 677. The van der Waals surface area contributed by atoms with Gasteiger partial charge < -0.3 is 5.73 Å². The highest BCUT2D eigenvalue weighted by Gasteiger charge is 2.19. The van der Waals surface area contributed by atoms with Gasteiger partial charge in [-0.05, 0) is 19.1 Å². The summed E-state index contributed by atoms with van der Waals surface area (Å²) in [5, 5.41) is 0.553. The largest absolute Gasteiger partial charge is 0.397 e. The summed E-state index contributed by atoms with van der Waals surface area (Å²) in [6.45, 7) is 2.17. The molecule has 18 heavy (non-hydrogen) atoms. The fraction of sp³-hybridized carbons (Fsp3) is 0.182. The molecule has 0 spiro atoms. The first-order valence-corrected chi connectivity index (χ1v) is 5.39. The molecule has 0 aliphatic rings. The smallest absolute Gasteiger partial charge is 0.272 e. The van der Waals surface area contributed by atoms with Crippen LogP contribution in [0.4, 0.5) is 5.69 Å². The Morgan fingerprint density at radius 2 is 2.28 bits per heavy atom. The lowest BCUT2D eigenvalue weighted by molar-refractivity contribution is 0.0952. The molecule has 7 nitrogen and oxygen atoms in total. The van der Waals surface area contributed by atoms with E-state index in [2.05, 4.69) is 4.98 Å². The van der Waals surface area contributed by atoms with Crippen molar-refractivity contribution in [3.8, 4) is 0 Å². The molecule has 2 aromatic rings. The molecular formula is C11H13N5O2. The molecule has 0 fully saturated rings. The average Bonchev–Trinajstić information content (AvgIpc) is 2.39. The van der Waals surface area contributed by atoms with Gasteiger partial charge in [-0.1, -0.05) is 0 Å². The van der Waals surface area contributed by atoms with E-state index in [1.54, 1.807) is 25.3 Å². The lowest BCUT2D eigenvalue weighted by atomic mass is 10.1. The van der Waals surface area contributed by atoms with Crippen LogP contribution in [-0.4, -0.2) is 15.5 Å².